The van der Waals surface area contributed by atoms with Crippen molar-refractivity contribution < 1.29 is 22.7 Å². The van der Waals surface area contributed by atoms with E-state index in [1.165, 1.54) is 6.92 Å². The summed E-state index contributed by atoms with van der Waals surface area (Å²) in [5.41, 5.74) is 2.23. The number of amides is 1. The first kappa shape index (κ1) is 23.4. The van der Waals surface area contributed by atoms with Gasteiger partial charge in [-0.25, -0.2) is 13.2 Å². The van der Waals surface area contributed by atoms with Gasteiger partial charge in [-0.3, -0.25) is 9.10 Å². The first-order valence-electron chi connectivity index (χ1n) is 9.77. The van der Waals surface area contributed by atoms with Crippen molar-refractivity contribution in [2.45, 2.75) is 39.7 Å². The molecule has 1 atom stereocenters. The summed E-state index contributed by atoms with van der Waals surface area (Å²) < 4.78 is 30.9. The highest BCUT2D eigenvalue weighted by Gasteiger charge is 2.29. The van der Waals surface area contributed by atoms with Crippen LogP contribution in [0.3, 0.4) is 0 Å². The number of sulfonamides is 1. The normalized spacial score (nSPS) is 12.1. The van der Waals surface area contributed by atoms with E-state index in [4.69, 9.17) is 4.74 Å². The first-order valence-corrected chi connectivity index (χ1v) is 11.6. The van der Waals surface area contributed by atoms with Gasteiger partial charge in [0.15, 0.2) is 0 Å². The highest BCUT2D eigenvalue weighted by molar-refractivity contribution is 7.92. The van der Waals surface area contributed by atoms with Crippen LogP contribution in [-0.4, -0.2) is 39.2 Å². The molecule has 0 saturated heterocycles. The van der Waals surface area contributed by atoms with E-state index in [2.05, 4.69) is 5.32 Å². The Hall–Kier alpha value is -2.87. The number of esters is 1. The molecule has 0 radical (unpaired) electrons. The number of carbonyl (C=O) groups is 2. The van der Waals surface area contributed by atoms with Crippen molar-refractivity contribution in [2.24, 2.45) is 0 Å². The smallest absolute Gasteiger partial charge is 0.338 e. The van der Waals surface area contributed by atoms with Gasteiger partial charge >= 0.3 is 5.97 Å². The fraction of sp³-hybridized carbons (Fsp3) is 0.364. The van der Waals surface area contributed by atoms with E-state index in [0.717, 1.165) is 29.0 Å². The minimum atomic E-state index is -3.69. The molecule has 0 fully saturated rings. The molecule has 8 heteroatoms. The van der Waals surface area contributed by atoms with E-state index in [-0.39, 0.29) is 0 Å². The first-order chi connectivity index (χ1) is 14.1. The van der Waals surface area contributed by atoms with Gasteiger partial charge in [0.25, 0.3) is 0 Å². The number of unbranched alkanes of at least 4 members (excludes halogenated alkanes) is 1. The summed E-state index contributed by atoms with van der Waals surface area (Å²) in [6.07, 6.45) is 2.80. The van der Waals surface area contributed by atoms with Gasteiger partial charge in [-0.15, -0.1) is 0 Å². The number of hydrogen-bond donors (Lipinski definition) is 1. The minimum absolute atomic E-state index is 0.367. The van der Waals surface area contributed by atoms with Gasteiger partial charge in [0.2, 0.25) is 15.9 Å². The predicted octanol–water partition coefficient (Wildman–Crippen LogP) is 3.75. The second kappa shape index (κ2) is 10.2. The zero-order valence-corrected chi connectivity index (χ0v) is 18.5. The largest absolute Gasteiger partial charge is 0.462 e. The quantitative estimate of drug-likeness (QED) is 0.481. The number of rotatable bonds is 9. The van der Waals surface area contributed by atoms with Crippen molar-refractivity contribution in [3.05, 3.63) is 59.7 Å². The fourth-order valence-corrected chi connectivity index (χ4v) is 4.00. The highest BCUT2D eigenvalue weighted by atomic mass is 32.2. The molecular formula is C22H28N2O5S. The Labute approximate surface area is 178 Å². The summed E-state index contributed by atoms with van der Waals surface area (Å²) in [4.78, 5) is 24.7. The predicted molar refractivity (Wildman–Crippen MR) is 118 cm³/mol. The van der Waals surface area contributed by atoms with Crippen molar-refractivity contribution in [1.82, 2.24) is 0 Å². The van der Waals surface area contributed by atoms with Crippen molar-refractivity contribution in [3.63, 3.8) is 0 Å². The number of aryl methyl sites for hydroxylation is 1. The van der Waals surface area contributed by atoms with Crippen molar-refractivity contribution in [3.8, 4) is 0 Å². The molecular weight excluding hydrogens is 404 g/mol. The third-order valence-electron chi connectivity index (χ3n) is 4.50. The molecule has 1 N–H and O–H groups in total. The van der Waals surface area contributed by atoms with Crippen LogP contribution in [0.4, 0.5) is 11.4 Å². The molecule has 30 heavy (non-hydrogen) atoms. The summed E-state index contributed by atoms with van der Waals surface area (Å²) >= 11 is 0. The Balaban J connectivity index is 2.11. The standard InChI is InChI=1S/C22H28N2O5S/c1-5-6-15-29-22(26)18-9-11-19(12-10-18)23-21(25)17(3)24(30(4,27)28)20-13-7-16(2)8-14-20/h7-14,17H,5-6,15H2,1-4H3,(H,23,25)/t17-/m0/s1. The van der Waals surface area contributed by atoms with E-state index in [9.17, 15) is 18.0 Å². The van der Waals surface area contributed by atoms with Crippen LogP contribution >= 0.6 is 0 Å². The second-order valence-corrected chi connectivity index (χ2v) is 8.99. The number of benzene rings is 2. The maximum atomic E-state index is 12.7. The molecule has 2 rings (SSSR count). The van der Waals surface area contributed by atoms with Gasteiger partial charge in [0.1, 0.15) is 6.04 Å². The summed E-state index contributed by atoms with van der Waals surface area (Å²) in [5.74, 6) is -0.906. The molecule has 0 aliphatic carbocycles. The van der Waals surface area contributed by atoms with Gasteiger partial charge in [-0.1, -0.05) is 31.0 Å². The Morgan fingerprint density at radius 2 is 1.67 bits per heavy atom. The maximum absolute atomic E-state index is 12.7. The Kier molecular flexibility index (Phi) is 8.00. The third-order valence-corrected chi connectivity index (χ3v) is 5.74. The number of ether oxygens (including phenoxy) is 1. The molecule has 0 aliphatic rings. The monoisotopic (exact) mass is 432 g/mol. The third kappa shape index (κ3) is 6.32. The molecule has 0 spiro atoms. The van der Waals surface area contributed by atoms with E-state index in [1.807, 2.05) is 13.8 Å². The highest BCUT2D eigenvalue weighted by Crippen LogP contribution is 2.22. The van der Waals surface area contributed by atoms with Gasteiger partial charge in [-0.2, -0.15) is 0 Å². The topological polar surface area (TPSA) is 92.8 Å². The zero-order valence-electron chi connectivity index (χ0n) is 17.7. The van der Waals surface area contributed by atoms with Crippen molar-refractivity contribution in [1.29, 1.82) is 0 Å². The minimum Gasteiger partial charge on any atom is -0.462 e. The van der Waals surface area contributed by atoms with Crippen LogP contribution in [0.15, 0.2) is 48.5 Å². The SMILES string of the molecule is CCCCOC(=O)c1ccc(NC(=O)[C@H](C)N(c2ccc(C)cc2)S(C)(=O)=O)cc1. The van der Waals surface area contributed by atoms with Crippen LogP contribution in [0.25, 0.3) is 0 Å². The zero-order chi connectivity index (χ0) is 22.3. The van der Waals surface area contributed by atoms with Gasteiger partial charge < -0.3 is 10.1 Å². The van der Waals surface area contributed by atoms with E-state index < -0.39 is 27.9 Å². The summed E-state index contributed by atoms with van der Waals surface area (Å²) in [7, 11) is -3.69. The average molecular weight is 433 g/mol. The van der Waals surface area contributed by atoms with Crippen LogP contribution in [0.2, 0.25) is 0 Å². The van der Waals surface area contributed by atoms with Crippen molar-refractivity contribution >= 4 is 33.3 Å². The number of anilines is 2. The van der Waals surface area contributed by atoms with E-state index in [1.54, 1.807) is 48.5 Å². The average Bonchev–Trinajstić information content (AvgIpc) is 2.69. The molecule has 0 bridgehead atoms. The van der Waals surface area contributed by atoms with Crippen LogP contribution in [0, 0.1) is 6.92 Å². The van der Waals surface area contributed by atoms with Gasteiger partial charge in [-0.05, 0) is 56.7 Å². The summed E-state index contributed by atoms with van der Waals surface area (Å²) in [6.45, 7) is 5.80. The van der Waals surface area contributed by atoms with Gasteiger partial charge in [0.05, 0.1) is 24.1 Å². The molecule has 0 heterocycles. The van der Waals surface area contributed by atoms with Crippen LogP contribution in [0.1, 0.15) is 42.6 Å². The number of hydrogen-bond acceptors (Lipinski definition) is 5. The van der Waals surface area contributed by atoms with E-state index >= 15 is 0 Å². The number of nitrogens with zero attached hydrogens (tertiary/aromatic N) is 1. The molecule has 0 aliphatic heterocycles. The van der Waals surface area contributed by atoms with Crippen LogP contribution < -0.4 is 9.62 Å². The van der Waals surface area contributed by atoms with E-state index in [0.29, 0.717) is 23.5 Å². The Morgan fingerprint density at radius 1 is 1.07 bits per heavy atom. The number of nitrogens with one attached hydrogen (secondary N) is 1. The fourth-order valence-electron chi connectivity index (χ4n) is 2.83. The lowest BCUT2D eigenvalue weighted by Crippen LogP contribution is -2.45. The second-order valence-electron chi connectivity index (χ2n) is 7.13. The lowest BCUT2D eigenvalue weighted by molar-refractivity contribution is -0.116. The lowest BCUT2D eigenvalue weighted by Gasteiger charge is -2.28. The van der Waals surface area contributed by atoms with Crippen LogP contribution in [0.5, 0.6) is 0 Å². The lowest BCUT2D eigenvalue weighted by atomic mass is 10.2. The summed E-state index contributed by atoms with van der Waals surface area (Å²) in [5, 5.41) is 2.70. The molecule has 1 amide bonds. The molecule has 2 aromatic carbocycles. The molecule has 162 valence electrons. The van der Waals surface area contributed by atoms with Gasteiger partial charge in [0, 0.05) is 5.69 Å². The molecule has 7 nitrogen and oxygen atoms in total. The molecule has 0 saturated carbocycles. The molecule has 2 aromatic rings. The maximum Gasteiger partial charge on any atom is 0.338 e. The number of carbonyl (C=O) groups excluding carboxylic acids is 2. The van der Waals surface area contributed by atoms with Crippen LogP contribution in [-0.2, 0) is 19.6 Å². The Morgan fingerprint density at radius 3 is 2.20 bits per heavy atom. The van der Waals surface area contributed by atoms with Crippen molar-refractivity contribution in [2.75, 3.05) is 22.5 Å². The summed E-state index contributed by atoms with van der Waals surface area (Å²) in [6, 6.07) is 12.2. The Bertz CT molecular complexity index is 970. The molecule has 0 aromatic heterocycles. The molecule has 0 unspecified atom stereocenters.